The van der Waals surface area contributed by atoms with E-state index >= 15 is 0 Å². The number of nitro groups is 1. The molecule has 0 bridgehead atoms. The maximum Gasteiger partial charge on any atom is 0.335 e. The normalized spacial score (nSPS) is 10.2. The summed E-state index contributed by atoms with van der Waals surface area (Å²) in [6.45, 7) is 0. The summed E-state index contributed by atoms with van der Waals surface area (Å²) in [7, 11) is 0. The molecule has 7 heteroatoms. The third kappa shape index (κ3) is 3.96. The Morgan fingerprint density at radius 3 is 2.23 bits per heavy atom. The van der Waals surface area contributed by atoms with Gasteiger partial charge < -0.3 is 15.2 Å². The van der Waals surface area contributed by atoms with Crippen LogP contribution in [0, 0.1) is 10.1 Å². The first-order chi connectivity index (χ1) is 12.5. The lowest BCUT2D eigenvalue weighted by atomic mass is 10.1. The van der Waals surface area contributed by atoms with Crippen LogP contribution in [0.5, 0.6) is 11.5 Å². The lowest BCUT2D eigenvalue weighted by molar-refractivity contribution is -0.383. The number of hydrogen-bond donors (Lipinski definition) is 2. The van der Waals surface area contributed by atoms with Gasteiger partial charge in [0.15, 0.2) is 0 Å². The highest BCUT2D eigenvalue weighted by Gasteiger charge is 2.17. The Labute approximate surface area is 148 Å². The number of anilines is 2. The van der Waals surface area contributed by atoms with Crippen molar-refractivity contribution in [2.45, 2.75) is 0 Å². The predicted molar refractivity (Wildman–Crippen MR) is 96.3 cm³/mol. The maximum absolute atomic E-state index is 11.2. The van der Waals surface area contributed by atoms with Crippen molar-refractivity contribution in [1.82, 2.24) is 0 Å². The zero-order valence-electron chi connectivity index (χ0n) is 13.5. The first-order valence-corrected chi connectivity index (χ1v) is 7.64. The maximum atomic E-state index is 11.2. The Hall–Kier alpha value is -3.87. The highest BCUT2D eigenvalue weighted by molar-refractivity contribution is 5.90. The highest BCUT2D eigenvalue weighted by Crippen LogP contribution is 2.30. The second-order valence-electron chi connectivity index (χ2n) is 5.36. The first kappa shape index (κ1) is 17.0. The number of nitro benzene ring substituents is 1. The van der Waals surface area contributed by atoms with Gasteiger partial charge in [0, 0.05) is 11.8 Å². The molecular weight excluding hydrogens is 336 g/mol. The number of carboxylic acid groups (broad SMARTS) is 1. The Morgan fingerprint density at radius 2 is 1.62 bits per heavy atom. The molecule has 130 valence electrons. The van der Waals surface area contributed by atoms with E-state index in [1.54, 1.807) is 24.3 Å². The third-order valence-corrected chi connectivity index (χ3v) is 3.55. The molecule has 0 atom stereocenters. The number of ether oxygens (including phenoxy) is 1. The van der Waals surface area contributed by atoms with Crippen LogP contribution in [0.3, 0.4) is 0 Å². The fourth-order valence-corrected chi connectivity index (χ4v) is 2.31. The summed E-state index contributed by atoms with van der Waals surface area (Å²) >= 11 is 0. The fourth-order valence-electron chi connectivity index (χ4n) is 2.31. The van der Waals surface area contributed by atoms with Crippen LogP contribution in [0.1, 0.15) is 10.4 Å². The molecule has 0 saturated carbocycles. The van der Waals surface area contributed by atoms with Crippen LogP contribution in [0.25, 0.3) is 0 Å². The quantitative estimate of drug-likeness (QED) is 0.488. The van der Waals surface area contributed by atoms with E-state index in [1.807, 2.05) is 30.3 Å². The summed E-state index contributed by atoms with van der Waals surface area (Å²) in [4.78, 5) is 21.5. The van der Waals surface area contributed by atoms with Crippen LogP contribution < -0.4 is 10.1 Å². The third-order valence-electron chi connectivity index (χ3n) is 3.55. The van der Waals surface area contributed by atoms with Crippen molar-refractivity contribution in [3.63, 3.8) is 0 Å². The van der Waals surface area contributed by atoms with Crippen LogP contribution in [0.4, 0.5) is 17.1 Å². The summed E-state index contributed by atoms with van der Waals surface area (Å²) < 4.78 is 5.69. The number of nitrogens with zero attached hydrogens (tertiary/aromatic N) is 1. The number of carbonyl (C=O) groups is 1. The zero-order chi connectivity index (χ0) is 18.5. The average molecular weight is 350 g/mol. The summed E-state index contributed by atoms with van der Waals surface area (Å²) in [5.74, 6) is 0.104. The molecular formula is C19H14N2O5. The number of para-hydroxylation sites is 1. The first-order valence-electron chi connectivity index (χ1n) is 7.64. The van der Waals surface area contributed by atoms with Crippen molar-refractivity contribution < 1.29 is 19.6 Å². The van der Waals surface area contributed by atoms with Crippen molar-refractivity contribution in [1.29, 1.82) is 0 Å². The van der Waals surface area contributed by atoms with Crippen LogP contribution >= 0.6 is 0 Å². The summed E-state index contributed by atoms with van der Waals surface area (Å²) in [6, 6.07) is 19.9. The van der Waals surface area contributed by atoms with Gasteiger partial charge in [0.2, 0.25) is 0 Å². The average Bonchev–Trinajstić information content (AvgIpc) is 2.64. The Kier molecular flexibility index (Phi) is 4.80. The molecule has 3 rings (SSSR count). The number of carboxylic acids is 1. The minimum absolute atomic E-state index is 0.145. The van der Waals surface area contributed by atoms with Crippen LogP contribution in [-0.4, -0.2) is 16.0 Å². The van der Waals surface area contributed by atoms with Gasteiger partial charge in [0.05, 0.1) is 10.5 Å². The van der Waals surface area contributed by atoms with Gasteiger partial charge in [0.25, 0.3) is 5.69 Å². The van der Waals surface area contributed by atoms with Crippen molar-refractivity contribution >= 4 is 23.0 Å². The van der Waals surface area contributed by atoms with Crippen molar-refractivity contribution in [3.8, 4) is 11.5 Å². The number of aromatic carboxylic acids is 1. The largest absolute Gasteiger partial charge is 0.478 e. The zero-order valence-corrected chi connectivity index (χ0v) is 13.5. The summed E-state index contributed by atoms with van der Waals surface area (Å²) in [6.07, 6.45) is 0. The van der Waals surface area contributed by atoms with Crippen molar-refractivity contribution in [2.24, 2.45) is 0 Å². The molecule has 3 aromatic carbocycles. The van der Waals surface area contributed by atoms with E-state index in [0.29, 0.717) is 17.2 Å². The monoisotopic (exact) mass is 350 g/mol. The molecule has 0 aromatic heterocycles. The van der Waals surface area contributed by atoms with Gasteiger partial charge in [-0.15, -0.1) is 0 Å². The molecule has 26 heavy (non-hydrogen) atoms. The van der Waals surface area contributed by atoms with Gasteiger partial charge in [-0.25, -0.2) is 4.79 Å². The number of benzene rings is 3. The van der Waals surface area contributed by atoms with Gasteiger partial charge in [-0.3, -0.25) is 10.1 Å². The molecule has 2 N–H and O–H groups in total. The van der Waals surface area contributed by atoms with Gasteiger partial charge in [-0.2, -0.15) is 0 Å². The van der Waals surface area contributed by atoms with E-state index in [4.69, 9.17) is 9.84 Å². The summed E-state index contributed by atoms with van der Waals surface area (Å²) in [5, 5.41) is 23.1. The molecule has 0 fully saturated rings. The van der Waals surface area contributed by atoms with Gasteiger partial charge in [0.1, 0.15) is 17.2 Å². The highest BCUT2D eigenvalue weighted by atomic mass is 16.6. The minimum Gasteiger partial charge on any atom is -0.478 e. The van der Waals surface area contributed by atoms with Gasteiger partial charge in [-0.1, -0.05) is 18.2 Å². The fraction of sp³-hybridized carbons (Fsp3) is 0. The van der Waals surface area contributed by atoms with Crippen LogP contribution in [-0.2, 0) is 0 Å². The van der Waals surface area contributed by atoms with E-state index in [2.05, 4.69) is 5.32 Å². The summed E-state index contributed by atoms with van der Waals surface area (Å²) in [5.41, 5.74) is 0.358. The Bertz CT molecular complexity index is 940. The lowest BCUT2D eigenvalue weighted by Gasteiger charge is -2.09. The number of nitrogens with one attached hydrogen (secondary N) is 1. The second kappa shape index (κ2) is 7.35. The van der Waals surface area contributed by atoms with Crippen molar-refractivity contribution in [3.05, 3.63) is 88.5 Å². The van der Waals surface area contributed by atoms with E-state index in [1.165, 1.54) is 12.1 Å². The smallest absolute Gasteiger partial charge is 0.335 e. The Morgan fingerprint density at radius 1 is 0.962 bits per heavy atom. The molecule has 0 unspecified atom stereocenters. The number of rotatable bonds is 6. The van der Waals surface area contributed by atoms with Gasteiger partial charge >= 0.3 is 5.97 Å². The molecule has 0 heterocycles. The topological polar surface area (TPSA) is 102 Å². The molecule has 0 radical (unpaired) electrons. The predicted octanol–water partition coefficient (Wildman–Crippen LogP) is 4.83. The SMILES string of the molecule is O=C(O)c1ccc(Nc2ccc(Oc3ccccc3)cc2)c([N+](=O)[O-])c1. The molecule has 0 aliphatic heterocycles. The molecule has 3 aromatic rings. The van der Waals surface area contributed by atoms with Crippen LogP contribution in [0.2, 0.25) is 0 Å². The van der Waals surface area contributed by atoms with E-state index in [-0.39, 0.29) is 16.9 Å². The van der Waals surface area contributed by atoms with Crippen LogP contribution in [0.15, 0.2) is 72.8 Å². The minimum atomic E-state index is -1.22. The lowest BCUT2D eigenvalue weighted by Crippen LogP contribution is -2.01. The van der Waals surface area contributed by atoms with E-state index in [0.717, 1.165) is 6.07 Å². The molecule has 0 amide bonds. The van der Waals surface area contributed by atoms with E-state index in [9.17, 15) is 14.9 Å². The van der Waals surface area contributed by atoms with Gasteiger partial charge in [-0.05, 0) is 48.5 Å². The Balaban J connectivity index is 1.79. The molecule has 0 spiro atoms. The number of hydrogen-bond acceptors (Lipinski definition) is 5. The van der Waals surface area contributed by atoms with E-state index < -0.39 is 10.9 Å². The molecule has 0 saturated heterocycles. The standard InChI is InChI=1S/C19H14N2O5/c22-19(23)13-6-11-17(18(12-13)21(24)25)20-14-7-9-16(10-8-14)26-15-4-2-1-3-5-15/h1-12,20H,(H,22,23). The molecule has 0 aliphatic carbocycles. The molecule has 7 nitrogen and oxygen atoms in total. The second-order valence-corrected chi connectivity index (χ2v) is 5.36. The molecule has 0 aliphatic rings. The van der Waals surface area contributed by atoms with Crippen molar-refractivity contribution in [2.75, 3.05) is 5.32 Å².